The van der Waals surface area contributed by atoms with Crippen LogP contribution >= 0.6 is 15.2 Å². The molecule has 0 saturated heterocycles. The Hall–Kier alpha value is -1.26. The first kappa shape index (κ1) is 19.8. The van der Waals surface area contributed by atoms with Crippen LogP contribution in [0.4, 0.5) is 0 Å². The molecule has 126 valence electrons. The molecule has 0 amide bonds. The lowest BCUT2D eigenvalue weighted by molar-refractivity contribution is 0.385. The summed E-state index contributed by atoms with van der Waals surface area (Å²) in [6.45, 7) is 3.54. The first-order valence-corrected chi connectivity index (χ1v) is 10.1. The smallest absolute Gasteiger partial charge is 0.321 e. The van der Waals surface area contributed by atoms with E-state index in [1.165, 1.54) is 12.1 Å². The van der Waals surface area contributed by atoms with E-state index in [1.807, 2.05) is 6.92 Å². The third-order valence-electron chi connectivity index (χ3n) is 3.12. The van der Waals surface area contributed by atoms with E-state index in [1.54, 1.807) is 43.3 Å². The number of hydrogen-bond acceptors (Lipinski definition) is 2. The van der Waals surface area contributed by atoms with Gasteiger partial charge in [0, 0.05) is 0 Å². The molecule has 0 aliphatic carbocycles. The van der Waals surface area contributed by atoms with Crippen molar-refractivity contribution in [3.8, 4) is 0 Å². The highest BCUT2D eigenvalue weighted by atomic mass is 31.2. The zero-order chi connectivity index (χ0) is 17.7. The van der Waals surface area contributed by atoms with Crippen molar-refractivity contribution in [2.45, 2.75) is 20.3 Å². The van der Waals surface area contributed by atoms with Crippen molar-refractivity contribution in [2.75, 3.05) is 0 Å². The summed E-state index contributed by atoms with van der Waals surface area (Å²) in [5.41, 5.74) is 1.34. The van der Waals surface area contributed by atoms with Gasteiger partial charge in [-0.25, -0.2) is 0 Å². The van der Waals surface area contributed by atoms with E-state index >= 15 is 0 Å². The monoisotopic (exact) mass is 358 g/mol. The summed E-state index contributed by atoms with van der Waals surface area (Å²) in [5.74, 6) is 0. The minimum absolute atomic E-state index is 0.111. The molecule has 2 rings (SSSR count). The van der Waals surface area contributed by atoms with Crippen molar-refractivity contribution in [3.63, 3.8) is 0 Å². The Balaban J connectivity index is 0.000000231. The van der Waals surface area contributed by atoms with Gasteiger partial charge < -0.3 is 19.6 Å². The molecular weight excluding hydrogens is 338 g/mol. The number of benzene rings is 2. The van der Waals surface area contributed by atoms with Gasteiger partial charge in [0.15, 0.2) is 0 Å². The van der Waals surface area contributed by atoms with Crippen molar-refractivity contribution < 1.29 is 28.7 Å². The third-order valence-corrected chi connectivity index (χ3v) is 5.31. The number of aryl methyl sites for hydroxylation is 2. The highest BCUT2D eigenvalue weighted by Gasteiger charge is 2.19. The molecule has 0 aliphatic rings. The first-order chi connectivity index (χ1) is 10.6. The Bertz CT molecular complexity index is 747. The standard InChI is InChI=1S/C8H11O3P.C7H9O3P/c1-2-7-5-3-4-6-8(7)12(9,10)11;1-6-4-2-3-5-7(6)11(8,9)10/h3-6H,2H2,1H3,(H2,9,10,11);2-5H,1H3,(H2,8,9,10). The average molecular weight is 358 g/mol. The van der Waals surface area contributed by atoms with E-state index in [4.69, 9.17) is 19.6 Å². The molecule has 0 bridgehead atoms. The van der Waals surface area contributed by atoms with Crippen LogP contribution in [0.25, 0.3) is 0 Å². The lowest BCUT2D eigenvalue weighted by atomic mass is 10.2. The summed E-state index contributed by atoms with van der Waals surface area (Å²) >= 11 is 0. The molecule has 0 fully saturated rings. The lowest BCUT2D eigenvalue weighted by Crippen LogP contribution is -2.09. The van der Waals surface area contributed by atoms with E-state index in [9.17, 15) is 9.13 Å². The van der Waals surface area contributed by atoms with Crippen LogP contribution in [-0.4, -0.2) is 19.6 Å². The second-order valence-electron chi connectivity index (χ2n) is 4.86. The van der Waals surface area contributed by atoms with Crippen LogP contribution in [0.2, 0.25) is 0 Å². The topological polar surface area (TPSA) is 115 Å². The van der Waals surface area contributed by atoms with Gasteiger partial charge in [0.05, 0.1) is 10.6 Å². The lowest BCUT2D eigenvalue weighted by Gasteiger charge is -2.07. The fraction of sp³-hybridized carbons (Fsp3) is 0.200. The quantitative estimate of drug-likeness (QED) is 0.623. The van der Waals surface area contributed by atoms with Gasteiger partial charge in [-0.15, -0.1) is 0 Å². The molecule has 8 heteroatoms. The molecule has 0 spiro atoms. The summed E-state index contributed by atoms with van der Waals surface area (Å²) in [6, 6.07) is 13.1. The fourth-order valence-corrected chi connectivity index (χ4v) is 3.69. The zero-order valence-corrected chi connectivity index (χ0v) is 14.6. The molecule has 6 nitrogen and oxygen atoms in total. The minimum Gasteiger partial charge on any atom is -0.321 e. The van der Waals surface area contributed by atoms with Crippen LogP contribution in [0.3, 0.4) is 0 Å². The largest absolute Gasteiger partial charge is 0.356 e. The molecule has 0 aromatic heterocycles. The molecule has 0 radical (unpaired) electrons. The number of hydrogen-bond donors (Lipinski definition) is 4. The molecule has 2 aromatic rings. The predicted octanol–water partition coefficient (Wildman–Crippen LogP) is 1.85. The van der Waals surface area contributed by atoms with Crippen molar-refractivity contribution in [1.82, 2.24) is 0 Å². The van der Waals surface area contributed by atoms with Crippen LogP contribution in [0.15, 0.2) is 48.5 Å². The van der Waals surface area contributed by atoms with Crippen LogP contribution in [0.1, 0.15) is 18.1 Å². The first-order valence-electron chi connectivity index (χ1n) is 6.83. The summed E-state index contributed by atoms with van der Waals surface area (Å²) in [7, 11) is -8.13. The van der Waals surface area contributed by atoms with Crippen molar-refractivity contribution in [3.05, 3.63) is 59.7 Å². The SMILES string of the molecule is CCc1ccccc1P(=O)(O)O.Cc1ccccc1P(=O)(O)O. The summed E-state index contributed by atoms with van der Waals surface area (Å²) in [6.07, 6.45) is 0.640. The Morgan fingerprint density at radius 3 is 1.57 bits per heavy atom. The summed E-state index contributed by atoms with van der Waals surface area (Å²) in [5, 5.41) is 0.257. The molecule has 4 N–H and O–H groups in total. The molecule has 23 heavy (non-hydrogen) atoms. The fourth-order valence-electron chi connectivity index (χ4n) is 1.98. The van der Waals surface area contributed by atoms with Crippen LogP contribution in [0, 0.1) is 6.92 Å². The molecule has 0 saturated carbocycles. The summed E-state index contributed by atoms with van der Waals surface area (Å²) < 4.78 is 21.7. The molecule has 0 unspecified atom stereocenters. The van der Waals surface area contributed by atoms with Gasteiger partial charge in [0.1, 0.15) is 0 Å². The Labute approximate surface area is 135 Å². The molecule has 0 aliphatic heterocycles. The Morgan fingerprint density at radius 1 is 0.783 bits per heavy atom. The maximum Gasteiger partial charge on any atom is 0.356 e. The second-order valence-corrected chi connectivity index (χ2v) is 8.00. The number of rotatable bonds is 3. The van der Waals surface area contributed by atoms with E-state index in [-0.39, 0.29) is 10.6 Å². The van der Waals surface area contributed by atoms with Crippen LogP contribution in [-0.2, 0) is 15.6 Å². The highest BCUT2D eigenvalue weighted by molar-refractivity contribution is 7.60. The van der Waals surface area contributed by atoms with Crippen molar-refractivity contribution >= 4 is 25.8 Å². The zero-order valence-electron chi connectivity index (χ0n) is 12.8. The van der Waals surface area contributed by atoms with Crippen LogP contribution < -0.4 is 10.6 Å². The normalized spacial score (nSPS) is 11.6. The minimum atomic E-state index is -4.07. The van der Waals surface area contributed by atoms with E-state index < -0.39 is 15.2 Å². The third kappa shape index (κ3) is 6.04. The molecule has 2 aromatic carbocycles. The summed E-state index contributed by atoms with van der Waals surface area (Å²) in [4.78, 5) is 35.4. The van der Waals surface area contributed by atoms with E-state index in [0.717, 1.165) is 0 Å². The van der Waals surface area contributed by atoms with E-state index in [2.05, 4.69) is 0 Å². The maximum absolute atomic E-state index is 10.9. The molecular formula is C15H20O6P2. The van der Waals surface area contributed by atoms with E-state index in [0.29, 0.717) is 17.5 Å². The van der Waals surface area contributed by atoms with Gasteiger partial charge in [-0.1, -0.05) is 43.3 Å². The second kappa shape index (κ2) is 8.02. The maximum atomic E-state index is 10.9. The molecule has 0 atom stereocenters. The Kier molecular flexibility index (Phi) is 6.90. The Morgan fingerprint density at radius 2 is 1.22 bits per heavy atom. The van der Waals surface area contributed by atoms with Crippen molar-refractivity contribution in [2.24, 2.45) is 0 Å². The molecule has 0 heterocycles. The highest BCUT2D eigenvalue weighted by Crippen LogP contribution is 2.34. The predicted molar refractivity (Wildman–Crippen MR) is 90.4 cm³/mol. The van der Waals surface area contributed by atoms with Gasteiger partial charge >= 0.3 is 15.2 Å². The van der Waals surface area contributed by atoms with Gasteiger partial charge in [-0.3, -0.25) is 9.13 Å². The van der Waals surface area contributed by atoms with Crippen molar-refractivity contribution in [1.29, 1.82) is 0 Å². The van der Waals surface area contributed by atoms with Gasteiger partial charge in [0.2, 0.25) is 0 Å². The average Bonchev–Trinajstić information content (AvgIpc) is 2.46. The van der Waals surface area contributed by atoms with Gasteiger partial charge in [-0.05, 0) is 36.6 Å². The van der Waals surface area contributed by atoms with Gasteiger partial charge in [0.25, 0.3) is 0 Å². The van der Waals surface area contributed by atoms with Crippen LogP contribution in [0.5, 0.6) is 0 Å². The van der Waals surface area contributed by atoms with Gasteiger partial charge in [-0.2, -0.15) is 0 Å².